The Morgan fingerprint density at radius 1 is 1.35 bits per heavy atom. The highest BCUT2D eigenvalue weighted by Gasteiger charge is 2.22. The maximum absolute atomic E-state index is 12.4. The van der Waals surface area contributed by atoms with Gasteiger partial charge in [0.05, 0.1) is 0 Å². The Morgan fingerprint density at radius 2 is 2.08 bits per heavy atom. The third-order valence-electron chi connectivity index (χ3n) is 4.90. The van der Waals surface area contributed by atoms with Crippen molar-refractivity contribution >= 4 is 23.6 Å². The van der Waals surface area contributed by atoms with Gasteiger partial charge in [-0.15, -0.1) is 11.8 Å². The van der Waals surface area contributed by atoms with E-state index >= 15 is 0 Å². The van der Waals surface area contributed by atoms with E-state index in [1.54, 1.807) is 18.8 Å². The number of carbonyl (C=O) groups excluding carboxylic acids is 1. The van der Waals surface area contributed by atoms with Gasteiger partial charge >= 0.3 is 0 Å². The molecule has 1 atom stereocenters. The smallest absolute Gasteiger partial charge is 0.224 e. The molecule has 1 aromatic rings. The minimum atomic E-state index is 0.246. The Balaban J connectivity index is 1.79. The molecule has 1 aliphatic rings. The molecule has 6 heteroatoms. The fraction of sp³-hybridized carbons (Fsp3) is 0.600. The van der Waals surface area contributed by atoms with Crippen LogP contribution >= 0.6 is 11.8 Å². The second-order valence-electron chi connectivity index (χ2n) is 6.86. The zero-order valence-electron chi connectivity index (χ0n) is 16.5. The molecule has 0 spiro atoms. The first-order chi connectivity index (χ1) is 12.5. The summed E-state index contributed by atoms with van der Waals surface area (Å²) in [6.07, 6.45) is 6.08. The molecule has 26 heavy (non-hydrogen) atoms. The molecule has 1 heterocycles. The van der Waals surface area contributed by atoms with Gasteiger partial charge in [0.15, 0.2) is 5.96 Å². The topological polar surface area (TPSA) is 47.9 Å². The van der Waals surface area contributed by atoms with E-state index in [2.05, 4.69) is 52.7 Å². The zero-order chi connectivity index (χ0) is 18.9. The van der Waals surface area contributed by atoms with Crippen LogP contribution in [0.1, 0.15) is 38.2 Å². The molecule has 1 saturated heterocycles. The van der Waals surface area contributed by atoms with Crippen LogP contribution in [0, 0.1) is 0 Å². The van der Waals surface area contributed by atoms with Gasteiger partial charge in [-0.3, -0.25) is 9.79 Å². The number of nitrogens with zero attached hydrogens (tertiary/aromatic N) is 3. The summed E-state index contributed by atoms with van der Waals surface area (Å²) in [4.78, 5) is 22.2. The van der Waals surface area contributed by atoms with Gasteiger partial charge in [-0.1, -0.05) is 12.1 Å². The standard InChI is InChI=1S/C20H32N4OS/c1-16-7-5-6-14-24(16)19(25)12-13-22-20(21-2)23(3)15-17-8-10-18(26-4)11-9-17/h8-11,16H,5-7,12-15H2,1-4H3,(H,21,22). The van der Waals surface area contributed by atoms with Crippen LogP contribution in [0.4, 0.5) is 0 Å². The molecule has 0 saturated carbocycles. The van der Waals surface area contributed by atoms with Crippen molar-refractivity contribution in [3.8, 4) is 0 Å². The third-order valence-corrected chi connectivity index (χ3v) is 5.64. The SMILES string of the molecule is CN=C(NCCC(=O)N1CCCCC1C)N(C)Cc1ccc(SC)cc1. The van der Waals surface area contributed by atoms with Crippen LogP contribution in [-0.4, -0.2) is 61.1 Å². The number of rotatable bonds is 6. The van der Waals surface area contributed by atoms with E-state index in [1.165, 1.54) is 16.9 Å². The summed E-state index contributed by atoms with van der Waals surface area (Å²) in [5.74, 6) is 1.06. The second kappa shape index (κ2) is 10.5. The summed E-state index contributed by atoms with van der Waals surface area (Å²) in [6, 6.07) is 8.96. The number of hydrogen-bond donors (Lipinski definition) is 1. The van der Waals surface area contributed by atoms with E-state index in [1.807, 2.05) is 11.9 Å². The molecule has 144 valence electrons. The monoisotopic (exact) mass is 376 g/mol. The molecule has 5 nitrogen and oxygen atoms in total. The van der Waals surface area contributed by atoms with E-state index in [0.29, 0.717) is 19.0 Å². The van der Waals surface area contributed by atoms with Crippen molar-refractivity contribution in [2.45, 2.75) is 50.1 Å². The summed E-state index contributed by atoms with van der Waals surface area (Å²) in [5.41, 5.74) is 1.24. The number of guanidine groups is 1. The third kappa shape index (κ3) is 5.94. The van der Waals surface area contributed by atoms with Crippen molar-refractivity contribution in [1.29, 1.82) is 0 Å². The Labute approximate surface area is 162 Å². The quantitative estimate of drug-likeness (QED) is 0.470. The van der Waals surface area contributed by atoms with Crippen molar-refractivity contribution < 1.29 is 4.79 Å². The molecule has 2 rings (SSSR count). The van der Waals surface area contributed by atoms with Crippen LogP contribution in [0.2, 0.25) is 0 Å². The lowest BCUT2D eigenvalue weighted by Gasteiger charge is -2.33. The average molecular weight is 377 g/mol. The Kier molecular flexibility index (Phi) is 8.29. The largest absolute Gasteiger partial charge is 0.356 e. The van der Waals surface area contributed by atoms with E-state index in [-0.39, 0.29) is 5.91 Å². The van der Waals surface area contributed by atoms with E-state index < -0.39 is 0 Å². The van der Waals surface area contributed by atoms with Gasteiger partial charge in [0.1, 0.15) is 0 Å². The Bertz CT molecular complexity index is 602. The maximum Gasteiger partial charge on any atom is 0.224 e. The lowest BCUT2D eigenvalue weighted by Crippen LogP contribution is -2.44. The minimum absolute atomic E-state index is 0.246. The Hall–Kier alpha value is -1.69. The van der Waals surface area contributed by atoms with Crippen LogP contribution in [0.25, 0.3) is 0 Å². The normalized spacial score (nSPS) is 17.9. The van der Waals surface area contributed by atoms with Gasteiger partial charge in [0, 0.05) is 51.1 Å². The van der Waals surface area contributed by atoms with E-state index in [9.17, 15) is 4.79 Å². The number of aliphatic imine (C=N–C) groups is 1. The summed E-state index contributed by atoms with van der Waals surface area (Å²) < 4.78 is 0. The molecule has 0 aliphatic carbocycles. The molecule has 1 amide bonds. The van der Waals surface area contributed by atoms with Gasteiger partial charge in [-0.05, 0) is 50.1 Å². The number of amides is 1. The summed E-state index contributed by atoms with van der Waals surface area (Å²) in [6.45, 7) is 4.45. The molecule has 0 radical (unpaired) electrons. The first-order valence-electron chi connectivity index (χ1n) is 9.39. The fourth-order valence-corrected chi connectivity index (χ4v) is 3.77. The van der Waals surface area contributed by atoms with Crippen molar-refractivity contribution in [2.75, 3.05) is 33.4 Å². The number of thioether (sulfide) groups is 1. The van der Waals surface area contributed by atoms with E-state index in [4.69, 9.17) is 0 Å². The molecule has 1 fully saturated rings. The van der Waals surface area contributed by atoms with Crippen molar-refractivity contribution in [1.82, 2.24) is 15.1 Å². The molecular weight excluding hydrogens is 344 g/mol. The number of benzene rings is 1. The van der Waals surface area contributed by atoms with Crippen molar-refractivity contribution in [2.24, 2.45) is 4.99 Å². The highest BCUT2D eigenvalue weighted by molar-refractivity contribution is 7.98. The van der Waals surface area contributed by atoms with E-state index in [0.717, 1.165) is 31.9 Å². The van der Waals surface area contributed by atoms with Crippen LogP contribution in [0.5, 0.6) is 0 Å². The van der Waals surface area contributed by atoms with Gasteiger partial charge in [0.2, 0.25) is 5.91 Å². The van der Waals surface area contributed by atoms with Crippen LogP contribution in [-0.2, 0) is 11.3 Å². The number of hydrogen-bond acceptors (Lipinski definition) is 3. The number of piperidine rings is 1. The van der Waals surface area contributed by atoms with Gasteiger partial charge in [-0.25, -0.2) is 0 Å². The lowest BCUT2D eigenvalue weighted by atomic mass is 10.0. The predicted octanol–water partition coefficient (Wildman–Crippen LogP) is 3.21. The zero-order valence-corrected chi connectivity index (χ0v) is 17.3. The Morgan fingerprint density at radius 3 is 2.69 bits per heavy atom. The summed E-state index contributed by atoms with van der Waals surface area (Å²) in [5, 5.41) is 3.32. The van der Waals surface area contributed by atoms with Crippen molar-refractivity contribution in [3.63, 3.8) is 0 Å². The van der Waals surface area contributed by atoms with Crippen LogP contribution in [0.15, 0.2) is 34.2 Å². The average Bonchev–Trinajstić information content (AvgIpc) is 2.66. The van der Waals surface area contributed by atoms with Crippen LogP contribution < -0.4 is 5.32 Å². The lowest BCUT2D eigenvalue weighted by molar-refractivity contribution is -0.134. The second-order valence-corrected chi connectivity index (χ2v) is 7.74. The first-order valence-corrected chi connectivity index (χ1v) is 10.6. The molecule has 1 aromatic carbocycles. The van der Waals surface area contributed by atoms with Crippen LogP contribution in [0.3, 0.4) is 0 Å². The molecule has 0 aromatic heterocycles. The number of nitrogens with one attached hydrogen (secondary N) is 1. The number of carbonyl (C=O) groups is 1. The highest BCUT2D eigenvalue weighted by atomic mass is 32.2. The highest BCUT2D eigenvalue weighted by Crippen LogP contribution is 2.17. The summed E-state index contributed by atoms with van der Waals surface area (Å²) >= 11 is 1.75. The van der Waals surface area contributed by atoms with Gasteiger partial charge in [-0.2, -0.15) is 0 Å². The molecule has 1 unspecified atom stereocenters. The molecule has 1 N–H and O–H groups in total. The first kappa shape index (κ1) is 20.6. The number of likely N-dealkylation sites (tertiary alicyclic amines) is 1. The molecular formula is C20H32N4OS. The predicted molar refractivity (Wildman–Crippen MR) is 111 cm³/mol. The fourth-order valence-electron chi connectivity index (χ4n) is 3.36. The van der Waals surface area contributed by atoms with Gasteiger partial charge < -0.3 is 15.1 Å². The maximum atomic E-state index is 12.4. The van der Waals surface area contributed by atoms with Crippen molar-refractivity contribution in [3.05, 3.63) is 29.8 Å². The molecule has 1 aliphatic heterocycles. The summed E-state index contributed by atoms with van der Waals surface area (Å²) in [7, 11) is 3.80. The minimum Gasteiger partial charge on any atom is -0.356 e. The van der Waals surface area contributed by atoms with Gasteiger partial charge in [0.25, 0.3) is 0 Å². The molecule has 0 bridgehead atoms.